The molecule has 4 bridgehead atoms. The van der Waals surface area contributed by atoms with E-state index in [1.807, 2.05) is 12.2 Å². The molecule has 5 heteroatoms. The number of carbonyl (C=O) groups excluding carboxylic acids is 1. The summed E-state index contributed by atoms with van der Waals surface area (Å²) in [6.07, 6.45) is 13.1. The van der Waals surface area contributed by atoms with E-state index in [-0.39, 0.29) is 17.4 Å². The number of nitrogens with zero attached hydrogens (tertiary/aromatic N) is 1. The second-order valence-corrected chi connectivity index (χ2v) is 10.3. The number of hydrogen-bond acceptors (Lipinski definition) is 3. The minimum Gasteiger partial charge on any atom is -0.486 e. The predicted molar refractivity (Wildman–Crippen MR) is 122 cm³/mol. The normalized spacial score (nSPS) is 37.8. The molecule has 4 fully saturated rings. The summed E-state index contributed by atoms with van der Waals surface area (Å²) in [5.41, 5.74) is 2.15. The number of dihydropyridines is 1. The van der Waals surface area contributed by atoms with Crippen LogP contribution in [-0.2, 0) is 16.1 Å². The third kappa shape index (κ3) is 3.50. The molecule has 3 unspecified atom stereocenters. The van der Waals surface area contributed by atoms with Crippen molar-refractivity contribution in [3.8, 4) is 0 Å². The highest BCUT2D eigenvalue weighted by atomic mass is 35.5. The van der Waals surface area contributed by atoms with E-state index in [1.54, 1.807) is 12.3 Å². The standard InChI is InChI=1S/C26H27ClN2O2/c27-22-11-21-18(6-7-28-25(21)30)10-23(22)31-26-12-17-8-19(13-26)24(20(9-17)14-26)29-15-16-4-2-1-3-5-16/h1-7,10-11,17,19-21,24,29H,8-9,12-15H2. The molecular formula is C26H27ClN2O2. The number of nitrogens with one attached hydrogen (secondary N) is 1. The Bertz CT molecular complexity index is 1010. The van der Waals surface area contributed by atoms with Crippen LogP contribution < -0.4 is 5.32 Å². The summed E-state index contributed by atoms with van der Waals surface area (Å²) in [7, 11) is 0. The van der Waals surface area contributed by atoms with Crippen LogP contribution in [0.4, 0.5) is 0 Å². The lowest BCUT2D eigenvalue weighted by molar-refractivity contribution is -0.150. The average molecular weight is 435 g/mol. The van der Waals surface area contributed by atoms with Crippen LogP contribution in [-0.4, -0.2) is 23.8 Å². The monoisotopic (exact) mass is 434 g/mol. The largest absolute Gasteiger partial charge is 0.486 e. The Morgan fingerprint density at radius 2 is 1.90 bits per heavy atom. The van der Waals surface area contributed by atoms with Crippen LogP contribution >= 0.6 is 11.6 Å². The maximum Gasteiger partial charge on any atom is 0.257 e. The van der Waals surface area contributed by atoms with Crippen molar-refractivity contribution in [2.75, 3.05) is 0 Å². The highest BCUT2D eigenvalue weighted by Crippen LogP contribution is 2.58. The number of aliphatic imine (C=N–C) groups is 1. The molecule has 31 heavy (non-hydrogen) atoms. The van der Waals surface area contributed by atoms with Gasteiger partial charge in [-0.3, -0.25) is 4.79 Å². The summed E-state index contributed by atoms with van der Waals surface area (Å²) < 4.78 is 6.74. The molecule has 160 valence electrons. The zero-order valence-corrected chi connectivity index (χ0v) is 18.2. The van der Waals surface area contributed by atoms with Gasteiger partial charge in [-0.05, 0) is 79.2 Å². The average Bonchev–Trinajstić information content (AvgIpc) is 2.75. The number of halogens is 1. The number of carbonyl (C=O) groups is 1. The lowest BCUT2D eigenvalue weighted by Crippen LogP contribution is -2.61. The fourth-order valence-corrected chi connectivity index (χ4v) is 7.05. The number of amides is 1. The van der Waals surface area contributed by atoms with Crippen LogP contribution in [0.1, 0.15) is 37.7 Å². The van der Waals surface area contributed by atoms with Gasteiger partial charge in [0, 0.05) is 18.8 Å². The van der Waals surface area contributed by atoms with Crippen molar-refractivity contribution >= 4 is 23.7 Å². The molecule has 1 amide bonds. The van der Waals surface area contributed by atoms with Gasteiger partial charge in [-0.25, -0.2) is 4.99 Å². The molecule has 1 aromatic rings. The van der Waals surface area contributed by atoms with Crippen molar-refractivity contribution in [1.29, 1.82) is 0 Å². The van der Waals surface area contributed by atoms with E-state index in [2.05, 4.69) is 40.6 Å². The molecular weight excluding hydrogens is 408 g/mol. The maximum atomic E-state index is 12.1. The summed E-state index contributed by atoms with van der Waals surface area (Å²) in [6.45, 7) is 0.932. The quantitative estimate of drug-likeness (QED) is 0.716. The van der Waals surface area contributed by atoms with Gasteiger partial charge in [0.1, 0.15) is 11.4 Å². The SMILES string of the molecule is O=C1N=CC=C2C=C(OC34CC5CC(C3)C(NCc3ccccc3)C(C5)C4)C(Cl)=CC12. The molecule has 4 saturated carbocycles. The van der Waals surface area contributed by atoms with Crippen molar-refractivity contribution < 1.29 is 9.53 Å². The molecule has 1 N–H and O–H groups in total. The molecule has 0 spiro atoms. The number of rotatable bonds is 5. The first-order chi connectivity index (χ1) is 15.1. The van der Waals surface area contributed by atoms with Gasteiger partial charge in [-0.15, -0.1) is 0 Å². The Morgan fingerprint density at radius 1 is 1.13 bits per heavy atom. The molecule has 1 aromatic carbocycles. The first kappa shape index (κ1) is 19.5. The molecule has 1 aliphatic heterocycles. The maximum absolute atomic E-state index is 12.1. The van der Waals surface area contributed by atoms with Crippen LogP contribution in [0.3, 0.4) is 0 Å². The zero-order chi connectivity index (χ0) is 21.0. The molecule has 1 heterocycles. The van der Waals surface area contributed by atoms with E-state index < -0.39 is 0 Å². The van der Waals surface area contributed by atoms with Gasteiger partial charge < -0.3 is 10.1 Å². The molecule has 5 aliphatic carbocycles. The minimum atomic E-state index is -0.368. The Hall–Kier alpha value is -2.17. The molecule has 0 aromatic heterocycles. The van der Waals surface area contributed by atoms with Crippen molar-refractivity contribution in [2.45, 2.75) is 50.3 Å². The van der Waals surface area contributed by atoms with Crippen LogP contribution in [0.2, 0.25) is 0 Å². The van der Waals surface area contributed by atoms with Crippen molar-refractivity contribution in [1.82, 2.24) is 5.32 Å². The van der Waals surface area contributed by atoms with E-state index in [0.717, 1.165) is 43.1 Å². The number of benzene rings is 1. The summed E-state index contributed by atoms with van der Waals surface area (Å²) in [5, 5.41) is 4.43. The number of fused-ring (bicyclic) bond motifs is 1. The minimum absolute atomic E-state index is 0.124. The van der Waals surface area contributed by atoms with Crippen molar-refractivity contribution in [2.24, 2.45) is 28.7 Å². The third-order valence-corrected chi connectivity index (χ3v) is 8.18. The smallest absolute Gasteiger partial charge is 0.257 e. The second kappa shape index (κ2) is 7.46. The molecule has 0 saturated heterocycles. The third-order valence-electron chi connectivity index (χ3n) is 7.87. The zero-order valence-electron chi connectivity index (χ0n) is 17.5. The summed E-state index contributed by atoms with van der Waals surface area (Å²) in [4.78, 5) is 16.0. The number of ether oxygens (including phenoxy) is 1. The summed E-state index contributed by atoms with van der Waals surface area (Å²) in [6, 6.07) is 11.2. The van der Waals surface area contributed by atoms with Crippen LogP contribution in [0.25, 0.3) is 0 Å². The van der Waals surface area contributed by atoms with Crippen LogP contribution in [0.5, 0.6) is 0 Å². The first-order valence-electron chi connectivity index (χ1n) is 11.4. The van der Waals surface area contributed by atoms with E-state index in [1.165, 1.54) is 18.4 Å². The Morgan fingerprint density at radius 3 is 2.68 bits per heavy atom. The fraction of sp³-hybridized carbons (Fsp3) is 0.462. The van der Waals surface area contributed by atoms with Gasteiger partial charge in [-0.1, -0.05) is 41.9 Å². The topological polar surface area (TPSA) is 50.7 Å². The molecule has 4 nitrogen and oxygen atoms in total. The van der Waals surface area contributed by atoms with Crippen LogP contribution in [0.15, 0.2) is 69.9 Å². The Kier molecular flexibility index (Phi) is 4.69. The number of allylic oxidation sites excluding steroid dienone is 3. The Balaban J connectivity index is 1.19. The summed E-state index contributed by atoms with van der Waals surface area (Å²) >= 11 is 6.58. The van der Waals surface area contributed by atoms with Gasteiger partial charge in [0.05, 0.1) is 11.0 Å². The van der Waals surface area contributed by atoms with Gasteiger partial charge in [0.15, 0.2) is 0 Å². The number of hydrogen-bond donors (Lipinski definition) is 1. The lowest BCUT2D eigenvalue weighted by atomic mass is 9.52. The van der Waals surface area contributed by atoms with Crippen molar-refractivity contribution in [3.63, 3.8) is 0 Å². The predicted octanol–water partition coefficient (Wildman–Crippen LogP) is 4.91. The molecule has 3 atom stereocenters. The van der Waals surface area contributed by atoms with E-state index in [0.29, 0.717) is 22.9 Å². The van der Waals surface area contributed by atoms with Crippen LogP contribution in [0, 0.1) is 23.7 Å². The van der Waals surface area contributed by atoms with Gasteiger partial charge in [-0.2, -0.15) is 0 Å². The lowest BCUT2D eigenvalue weighted by Gasteiger charge is -2.59. The van der Waals surface area contributed by atoms with Gasteiger partial charge >= 0.3 is 0 Å². The van der Waals surface area contributed by atoms with E-state index in [4.69, 9.17) is 16.3 Å². The highest BCUT2D eigenvalue weighted by molar-refractivity contribution is 6.32. The molecule has 7 rings (SSSR count). The van der Waals surface area contributed by atoms with E-state index >= 15 is 0 Å². The fourth-order valence-electron chi connectivity index (χ4n) is 6.83. The Labute approximate surface area is 188 Å². The van der Waals surface area contributed by atoms with Gasteiger partial charge in [0.25, 0.3) is 5.91 Å². The van der Waals surface area contributed by atoms with Crippen molar-refractivity contribution in [3.05, 3.63) is 70.5 Å². The second-order valence-electron chi connectivity index (χ2n) is 9.93. The highest BCUT2D eigenvalue weighted by Gasteiger charge is 2.57. The summed E-state index contributed by atoms with van der Waals surface area (Å²) in [5.74, 6) is 2.24. The molecule has 0 radical (unpaired) electrons. The van der Waals surface area contributed by atoms with E-state index in [9.17, 15) is 4.79 Å². The molecule has 6 aliphatic rings. The first-order valence-corrected chi connectivity index (χ1v) is 11.8. The van der Waals surface area contributed by atoms with Gasteiger partial charge in [0.2, 0.25) is 0 Å².